The lowest BCUT2D eigenvalue weighted by atomic mass is 9.73. The Labute approximate surface area is 343 Å². The number of cyclic esters (lactones) is 1. The predicted molar refractivity (Wildman–Crippen MR) is 221 cm³/mol. The third-order valence-electron chi connectivity index (χ3n) is 13.0. The van der Waals surface area contributed by atoms with Crippen LogP contribution >= 0.6 is 0 Å². The average molecular weight is 805 g/mol. The molecule has 5 heterocycles. The zero-order valence-corrected chi connectivity index (χ0v) is 35.9. The van der Waals surface area contributed by atoms with Crippen LogP contribution in [0.25, 0.3) is 17.0 Å². The van der Waals surface area contributed by atoms with E-state index in [-0.39, 0.29) is 30.6 Å². The highest BCUT2D eigenvalue weighted by atomic mass is 16.7. The monoisotopic (exact) mass is 804 g/mol. The molecule has 318 valence electrons. The second-order valence-corrected chi connectivity index (χ2v) is 17.6. The summed E-state index contributed by atoms with van der Waals surface area (Å²) in [6, 6.07) is 9.14. The number of hydrogen-bond acceptors (Lipinski definition) is 12. The maximum atomic E-state index is 14.7. The lowest BCUT2D eigenvalue weighted by Crippen LogP contribution is -2.60. The molecule has 13 atom stereocenters. The number of aliphatic imine (C=N–C) groups is 1. The van der Waals surface area contributed by atoms with Crippen LogP contribution in [0, 0.1) is 23.7 Å². The van der Waals surface area contributed by atoms with Gasteiger partial charge in [0.25, 0.3) is 0 Å². The molecule has 0 saturated carbocycles. The fourth-order valence-corrected chi connectivity index (χ4v) is 10.0. The quantitative estimate of drug-likeness (QED) is 0.232. The topological polar surface area (TPSA) is 149 Å². The molecule has 13 nitrogen and oxygen atoms in total. The molecule has 6 rings (SSSR count). The summed E-state index contributed by atoms with van der Waals surface area (Å²) in [4.78, 5) is 55.7. The first kappa shape index (κ1) is 43.8. The highest BCUT2D eigenvalue weighted by Gasteiger charge is 2.60. The molecular formula is C45H64N4O9. The number of benzene rings is 1. The van der Waals surface area contributed by atoms with Crippen molar-refractivity contribution >= 4 is 40.5 Å². The zero-order chi connectivity index (χ0) is 42.1. The molecule has 2 aromatic rings. The van der Waals surface area contributed by atoms with Gasteiger partial charge in [0.2, 0.25) is 0 Å². The van der Waals surface area contributed by atoms with Crippen molar-refractivity contribution in [2.75, 3.05) is 33.8 Å². The minimum Gasteiger partial charge on any atom is -0.457 e. The molecule has 2 unspecified atom stereocenters. The van der Waals surface area contributed by atoms with Crippen LogP contribution in [0.1, 0.15) is 86.6 Å². The molecule has 1 amide bonds. The summed E-state index contributed by atoms with van der Waals surface area (Å²) in [6.45, 7) is 16.1. The zero-order valence-electron chi connectivity index (χ0n) is 35.9. The SMILES string of the molecule is CCC[C@H]1OC(=O)[C@H](C)C(=O)[C@H](C)[C@@H](O[C@H]2O[C@@H](C)C[C@@H](N(C)C)C2O)[C@@](C)(OC/C=C/c2ccnc3ccccc23)C[C@@H](C)C2=NCCN3C(=O)O[C@@]1(C)C3[C@H]2C. The van der Waals surface area contributed by atoms with Crippen molar-refractivity contribution in [2.24, 2.45) is 28.7 Å². The molecule has 2 bridgehead atoms. The summed E-state index contributed by atoms with van der Waals surface area (Å²) >= 11 is 0. The van der Waals surface area contributed by atoms with E-state index in [1.807, 2.05) is 89.2 Å². The Hall–Kier alpha value is -3.75. The summed E-state index contributed by atoms with van der Waals surface area (Å²) in [6.07, 6.45) is 3.15. The Morgan fingerprint density at radius 3 is 2.52 bits per heavy atom. The summed E-state index contributed by atoms with van der Waals surface area (Å²) < 4.78 is 32.6. The van der Waals surface area contributed by atoms with Crippen molar-refractivity contribution in [3.8, 4) is 0 Å². The number of ketones is 1. The van der Waals surface area contributed by atoms with E-state index in [9.17, 15) is 19.5 Å². The van der Waals surface area contributed by atoms with Crippen molar-refractivity contribution in [3.05, 3.63) is 48.2 Å². The van der Waals surface area contributed by atoms with E-state index in [1.165, 1.54) is 0 Å². The molecule has 0 radical (unpaired) electrons. The van der Waals surface area contributed by atoms with E-state index in [1.54, 1.807) is 24.9 Å². The third-order valence-corrected chi connectivity index (χ3v) is 13.0. The molecule has 0 aliphatic carbocycles. The molecule has 3 fully saturated rings. The third kappa shape index (κ3) is 8.61. The fourth-order valence-electron chi connectivity index (χ4n) is 10.0. The number of likely N-dealkylation sites (N-methyl/N-ethyl adjacent to an activating group) is 1. The predicted octanol–water partition coefficient (Wildman–Crippen LogP) is 6.10. The standard InChI is InChI=1S/C45H64N4O9/c1-11-15-35-45(8)39-28(4)36(47-21-22-49(39)43(53)58-45)26(2)25-44(7,54-23-14-16-31-19-20-46-33-18-13-12-17-32(31)33)40(29(5)37(50)30(6)41(52)56-35)57-42-38(51)34(48(9)10)24-27(3)55-42/h12-14,16-20,26-30,34-35,38-40,42,51H,11,15,21-25H2,1-10H3/b16-14+/t26-,27+,28+,29+,30-,34-,35-,38?,39?,40-,42-,44+,45-/m1/s1. The number of carbonyl (C=O) groups is 3. The van der Waals surface area contributed by atoms with E-state index in [0.29, 0.717) is 38.8 Å². The van der Waals surface area contributed by atoms with Crippen molar-refractivity contribution in [3.63, 3.8) is 0 Å². The second kappa shape index (κ2) is 17.8. The van der Waals surface area contributed by atoms with Crippen molar-refractivity contribution in [2.45, 2.75) is 135 Å². The molecule has 58 heavy (non-hydrogen) atoms. The number of ether oxygens (including phenoxy) is 5. The summed E-state index contributed by atoms with van der Waals surface area (Å²) in [7, 11) is 3.82. The molecule has 1 aromatic heterocycles. The second-order valence-electron chi connectivity index (χ2n) is 17.6. The first-order valence-corrected chi connectivity index (χ1v) is 21.1. The van der Waals surface area contributed by atoms with Gasteiger partial charge in [0.1, 0.15) is 18.1 Å². The number of carbonyl (C=O) groups excluding carboxylic acids is 3. The first-order chi connectivity index (χ1) is 27.5. The maximum absolute atomic E-state index is 14.7. The number of fused-ring (bicyclic) bond motifs is 2. The Balaban J connectivity index is 1.44. The number of amides is 1. The van der Waals surface area contributed by atoms with E-state index >= 15 is 0 Å². The number of Topliss-reactive ketones (excluding diaryl/α,β-unsaturated/α-hetero) is 1. The van der Waals surface area contributed by atoms with Crippen LogP contribution in [0.15, 0.2) is 47.6 Å². The Bertz CT molecular complexity index is 1860. The first-order valence-electron chi connectivity index (χ1n) is 21.1. The highest BCUT2D eigenvalue weighted by Crippen LogP contribution is 2.44. The van der Waals surface area contributed by atoms with Gasteiger partial charge in [-0.15, -0.1) is 0 Å². The molecule has 0 spiro atoms. The average Bonchev–Trinajstić information content (AvgIpc) is 3.31. The number of pyridine rings is 1. The van der Waals surface area contributed by atoms with Crippen LogP contribution in [-0.2, 0) is 33.3 Å². The van der Waals surface area contributed by atoms with Gasteiger partial charge < -0.3 is 33.7 Å². The van der Waals surface area contributed by atoms with Crippen molar-refractivity contribution in [1.29, 1.82) is 0 Å². The van der Waals surface area contributed by atoms with Crippen LogP contribution in [0.5, 0.6) is 0 Å². The number of esters is 1. The lowest BCUT2D eigenvalue weighted by Gasteiger charge is -2.47. The van der Waals surface area contributed by atoms with Gasteiger partial charge in [0.05, 0.1) is 42.5 Å². The fraction of sp³-hybridized carbons (Fsp3) is 0.667. The molecular weight excluding hydrogens is 741 g/mol. The largest absolute Gasteiger partial charge is 0.457 e. The van der Waals surface area contributed by atoms with E-state index < -0.39 is 71.5 Å². The van der Waals surface area contributed by atoms with Gasteiger partial charge in [-0.1, -0.05) is 64.5 Å². The van der Waals surface area contributed by atoms with Crippen molar-refractivity contribution < 1.29 is 43.2 Å². The van der Waals surface area contributed by atoms with Gasteiger partial charge >= 0.3 is 12.1 Å². The van der Waals surface area contributed by atoms with Gasteiger partial charge in [-0.25, -0.2) is 4.79 Å². The Morgan fingerprint density at radius 2 is 1.79 bits per heavy atom. The molecule has 1 N–H and O–H groups in total. The molecule has 4 aliphatic rings. The summed E-state index contributed by atoms with van der Waals surface area (Å²) in [5.74, 6) is -3.70. The van der Waals surface area contributed by atoms with E-state index in [4.69, 9.17) is 28.7 Å². The van der Waals surface area contributed by atoms with Crippen LogP contribution in [0.4, 0.5) is 4.79 Å². The van der Waals surface area contributed by atoms with Crippen LogP contribution in [-0.4, -0.2) is 131 Å². The van der Waals surface area contributed by atoms with Gasteiger partial charge in [-0.05, 0) is 84.7 Å². The molecule has 1 aromatic carbocycles. The number of aliphatic hydroxyl groups is 1. The minimum absolute atomic E-state index is 0.153. The Kier molecular flexibility index (Phi) is 13.5. The normalized spacial score (nSPS) is 37.7. The number of aliphatic hydroxyl groups excluding tert-OH is 1. The minimum atomic E-state index is -1.20. The van der Waals surface area contributed by atoms with Crippen molar-refractivity contribution in [1.82, 2.24) is 14.8 Å². The van der Waals surface area contributed by atoms with Crippen LogP contribution < -0.4 is 0 Å². The summed E-state index contributed by atoms with van der Waals surface area (Å²) in [5.41, 5.74) is 0.353. The van der Waals surface area contributed by atoms with Crippen LogP contribution in [0.2, 0.25) is 0 Å². The molecule has 13 heteroatoms. The number of para-hydroxylation sites is 1. The summed E-state index contributed by atoms with van der Waals surface area (Å²) in [5, 5.41) is 12.7. The van der Waals surface area contributed by atoms with E-state index in [2.05, 4.69) is 18.8 Å². The lowest BCUT2D eigenvalue weighted by molar-refractivity contribution is -0.296. The maximum Gasteiger partial charge on any atom is 0.410 e. The number of nitrogens with zero attached hydrogens (tertiary/aromatic N) is 4. The van der Waals surface area contributed by atoms with Gasteiger partial charge in [0.15, 0.2) is 17.7 Å². The highest BCUT2D eigenvalue weighted by molar-refractivity contribution is 6.00. The number of rotatable bonds is 9. The Morgan fingerprint density at radius 1 is 1.05 bits per heavy atom. The van der Waals surface area contributed by atoms with Crippen LogP contribution in [0.3, 0.4) is 0 Å². The number of aromatic nitrogens is 1. The van der Waals surface area contributed by atoms with Gasteiger partial charge in [-0.2, -0.15) is 0 Å². The number of hydrogen-bond donors (Lipinski definition) is 1. The smallest absolute Gasteiger partial charge is 0.410 e. The van der Waals surface area contributed by atoms with Gasteiger partial charge in [-0.3, -0.25) is 24.5 Å². The van der Waals surface area contributed by atoms with Gasteiger partial charge in [0, 0.05) is 41.7 Å². The molecule has 3 saturated heterocycles. The molecule has 4 aliphatic heterocycles. The van der Waals surface area contributed by atoms with E-state index in [0.717, 1.165) is 22.2 Å².